The van der Waals surface area contributed by atoms with Crippen LogP contribution in [-0.4, -0.2) is 0 Å². The number of anilines is 2. The van der Waals surface area contributed by atoms with E-state index in [1.807, 2.05) is 18.2 Å². The molecule has 3 nitrogen and oxygen atoms in total. The molecule has 0 aliphatic rings. The lowest BCUT2D eigenvalue weighted by Crippen LogP contribution is -2.01. The first-order valence-electron chi connectivity index (χ1n) is 6.78. The Labute approximate surface area is 123 Å². The average molecular weight is 273 g/mol. The summed E-state index contributed by atoms with van der Waals surface area (Å²) in [7, 11) is 0. The molecule has 3 aromatic carbocycles. The minimum Gasteiger partial charge on any atom is -0.398 e. The summed E-state index contributed by atoms with van der Waals surface area (Å²) in [5, 5.41) is 14.8. The number of hydrogen-bond acceptors (Lipinski definition) is 3. The molecule has 3 N–H and O–H groups in total. The molecule has 3 rings (SSSR count). The summed E-state index contributed by atoms with van der Waals surface area (Å²) in [4.78, 5) is 0. The topological polar surface area (TPSA) is 61.8 Å². The quantitative estimate of drug-likeness (QED) is 0.711. The molecule has 0 bridgehead atoms. The van der Waals surface area contributed by atoms with Gasteiger partial charge in [0.25, 0.3) is 0 Å². The van der Waals surface area contributed by atoms with E-state index in [1.165, 1.54) is 16.3 Å². The van der Waals surface area contributed by atoms with Gasteiger partial charge in [0.15, 0.2) is 0 Å². The summed E-state index contributed by atoms with van der Waals surface area (Å²) in [6.45, 7) is 0.705. The standard InChI is InChI=1S/C18H15N3/c19-11-15-10-16(8-9-18(15)20)21-12-14-6-3-5-13-4-1-2-7-17(13)14/h1-10,21H,12,20H2. The van der Waals surface area contributed by atoms with E-state index in [1.54, 1.807) is 12.1 Å². The Morgan fingerprint density at radius 2 is 1.81 bits per heavy atom. The van der Waals surface area contributed by atoms with Crippen molar-refractivity contribution in [1.82, 2.24) is 0 Å². The van der Waals surface area contributed by atoms with Gasteiger partial charge in [-0.05, 0) is 34.5 Å². The number of fused-ring (bicyclic) bond motifs is 1. The molecule has 0 aromatic heterocycles. The second-order valence-corrected chi connectivity index (χ2v) is 4.91. The van der Waals surface area contributed by atoms with Gasteiger partial charge < -0.3 is 11.1 Å². The molecule has 102 valence electrons. The van der Waals surface area contributed by atoms with Gasteiger partial charge in [0.1, 0.15) is 6.07 Å². The van der Waals surface area contributed by atoms with Crippen molar-refractivity contribution in [2.45, 2.75) is 6.54 Å². The average Bonchev–Trinajstić information content (AvgIpc) is 2.54. The number of rotatable bonds is 3. The molecule has 0 fully saturated rings. The lowest BCUT2D eigenvalue weighted by atomic mass is 10.0. The molecule has 0 aliphatic heterocycles. The van der Waals surface area contributed by atoms with E-state index in [2.05, 4.69) is 41.7 Å². The van der Waals surface area contributed by atoms with E-state index in [0.717, 1.165) is 5.69 Å². The molecule has 0 aliphatic carbocycles. The number of hydrogen-bond donors (Lipinski definition) is 2. The summed E-state index contributed by atoms with van der Waals surface area (Å²) < 4.78 is 0. The van der Waals surface area contributed by atoms with Crippen LogP contribution in [0.5, 0.6) is 0 Å². The minimum atomic E-state index is 0.498. The largest absolute Gasteiger partial charge is 0.398 e. The number of nitrogens with one attached hydrogen (secondary N) is 1. The fourth-order valence-corrected chi connectivity index (χ4v) is 2.41. The lowest BCUT2D eigenvalue weighted by Gasteiger charge is -2.10. The van der Waals surface area contributed by atoms with Crippen LogP contribution < -0.4 is 11.1 Å². The summed E-state index contributed by atoms with van der Waals surface area (Å²) >= 11 is 0. The molecular formula is C18H15N3. The number of nitrogens with two attached hydrogens (primary N) is 1. The Bertz CT molecular complexity index is 826. The van der Waals surface area contributed by atoms with Crippen LogP contribution in [0.2, 0.25) is 0 Å². The van der Waals surface area contributed by atoms with Crippen molar-refractivity contribution in [3.05, 3.63) is 71.8 Å². The van der Waals surface area contributed by atoms with Crippen LogP contribution in [0.4, 0.5) is 11.4 Å². The van der Waals surface area contributed by atoms with Gasteiger partial charge in [-0.15, -0.1) is 0 Å². The summed E-state index contributed by atoms with van der Waals surface area (Å²) in [5.41, 5.74) is 8.86. The molecule has 0 heterocycles. The Hall–Kier alpha value is -2.99. The van der Waals surface area contributed by atoms with Crippen LogP contribution in [0.15, 0.2) is 60.7 Å². The molecule has 0 amide bonds. The number of nitriles is 1. The third-order valence-electron chi connectivity index (χ3n) is 3.54. The van der Waals surface area contributed by atoms with E-state index in [4.69, 9.17) is 11.0 Å². The van der Waals surface area contributed by atoms with E-state index >= 15 is 0 Å². The molecule has 0 radical (unpaired) electrons. The van der Waals surface area contributed by atoms with Gasteiger partial charge in [-0.2, -0.15) is 5.26 Å². The van der Waals surface area contributed by atoms with Crippen molar-refractivity contribution in [2.24, 2.45) is 0 Å². The minimum absolute atomic E-state index is 0.498. The van der Waals surface area contributed by atoms with Gasteiger partial charge in [-0.1, -0.05) is 42.5 Å². The number of nitrogen functional groups attached to an aromatic ring is 1. The van der Waals surface area contributed by atoms with Crippen LogP contribution >= 0.6 is 0 Å². The van der Waals surface area contributed by atoms with E-state index in [9.17, 15) is 0 Å². The Morgan fingerprint density at radius 3 is 2.67 bits per heavy atom. The van der Waals surface area contributed by atoms with Gasteiger partial charge in [-0.3, -0.25) is 0 Å². The molecule has 0 spiro atoms. The van der Waals surface area contributed by atoms with E-state index in [-0.39, 0.29) is 0 Å². The Morgan fingerprint density at radius 1 is 1.00 bits per heavy atom. The number of nitrogens with zero attached hydrogens (tertiary/aromatic N) is 1. The molecule has 0 atom stereocenters. The number of benzene rings is 3. The van der Waals surface area contributed by atoms with Crippen molar-refractivity contribution in [2.75, 3.05) is 11.1 Å². The second kappa shape index (κ2) is 5.56. The highest BCUT2D eigenvalue weighted by atomic mass is 14.9. The zero-order valence-corrected chi connectivity index (χ0v) is 11.5. The molecule has 0 unspecified atom stereocenters. The first kappa shape index (κ1) is 13.0. The normalized spacial score (nSPS) is 10.2. The van der Waals surface area contributed by atoms with Crippen molar-refractivity contribution < 1.29 is 0 Å². The maximum atomic E-state index is 9.01. The first-order valence-corrected chi connectivity index (χ1v) is 6.78. The molecule has 0 saturated carbocycles. The van der Waals surface area contributed by atoms with Crippen LogP contribution in [0.25, 0.3) is 10.8 Å². The maximum Gasteiger partial charge on any atom is 0.101 e. The van der Waals surface area contributed by atoms with E-state index < -0.39 is 0 Å². The monoisotopic (exact) mass is 273 g/mol. The van der Waals surface area contributed by atoms with Crippen molar-refractivity contribution in [1.29, 1.82) is 5.26 Å². The fraction of sp³-hybridized carbons (Fsp3) is 0.0556. The fourth-order valence-electron chi connectivity index (χ4n) is 2.41. The Kier molecular flexibility index (Phi) is 3.44. The first-order chi connectivity index (χ1) is 10.3. The zero-order chi connectivity index (χ0) is 14.7. The van der Waals surface area contributed by atoms with Crippen LogP contribution in [0, 0.1) is 11.3 Å². The van der Waals surface area contributed by atoms with Gasteiger partial charge >= 0.3 is 0 Å². The van der Waals surface area contributed by atoms with Crippen molar-refractivity contribution in [3.8, 4) is 6.07 Å². The summed E-state index contributed by atoms with van der Waals surface area (Å²) in [5.74, 6) is 0. The SMILES string of the molecule is N#Cc1cc(NCc2cccc3ccccc23)ccc1N. The second-order valence-electron chi connectivity index (χ2n) is 4.91. The zero-order valence-electron chi connectivity index (χ0n) is 11.5. The predicted octanol–water partition coefficient (Wildman–Crippen LogP) is 3.91. The maximum absolute atomic E-state index is 9.01. The van der Waals surface area contributed by atoms with Crippen LogP contribution in [0.3, 0.4) is 0 Å². The summed E-state index contributed by atoms with van der Waals surface area (Å²) in [6.07, 6.45) is 0. The van der Waals surface area contributed by atoms with Gasteiger partial charge in [-0.25, -0.2) is 0 Å². The lowest BCUT2D eigenvalue weighted by molar-refractivity contribution is 1.17. The van der Waals surface area contributed by atoms with Gasteiger partial charge in [0.2, 0.25) is 0 Å². The molecule has 3 aromatic rings. The Balaban J connectivity index is 1.86. The molecule has 3 heteroatoms. The highest BCUT2D eigenvalue weighted by Crippen LogP contribution is 2.21. The highest BCUT2D eigenvalue weighted by Gasteiger charge is 2.02. The highest BCUT2D eigenvalue weighted by molar-refractivity contribution is 5.85. The van der Waals surface area contributed by atoms with Crippen molar-refractivity contribution in [3.63, 3.8) is 0 Å². The smallest absolute Gasteiger partial charge is 0.101 e. The van der Waals surface area contributed by atoms with Crippen LogP contribution in [0.1, 0.15) is 11.1 Å². The predicted molar refractivity (Wildman–Crippen MR) is 86.8 cm³/mol. The van der Waals surface area contributed by atoms with Gasteiger partial charge in [0, 0.05) is 17.9 Å². The third-order valence-corrected chi connectivity index (χ3v) is 3.54. The molecular weight excluding hydrogens is 258 g/mol. The van der Waals surface area contributed by atoms with Gasteiger partial charge in [0.05, 0.1) is 5.56 Å². The summed E-state index contributed by atoms with van der Waals surface area (Å²) in [6, 6.07) is 22.1. The van der Waals surface area contributed by atoms with Crippen molar-refractivity contribution >= 4 is 22.1 Å². The van der Waals surface area contributed by atoms with E-state index in [0.29, 0.717) is 17.8 Å². The third kappa shape index (κ3) is 2.65. The van der Waals surface area contributed by atoms with Crippen LogP contribution in [-0.2, 0) is 6.54 Å². The molecule has 0 saturated heterocycles. The molecule has 21 heavy (non-hydrogen) atoms.